The molecule has 2 heterocycles. The minimum Gasteiger partial charge on any atom is -0.369 e. The maximum Gasteiger partial charge on any atom is 0.0447 e. The molecule has 2 nitrogen and oxygen atoms in total. The van der Waals surface area contributed by atoms with E-state index in [0.717, 1.165) is 24.9 Å². The first-order chi connectivity index (χ1) is 8.43. The number of rotatable bonds is 0. The predicted molar refractivity (Wildman–Crippen MR) is 70.4 cm³/mol. The molecule has 2 atom stereocenters. The summed E-state index contributed by atoms with van der Waals surface area (Å²) in [6, 6.07) is 6.96. The average Bonchev–Trinajstić information content (AvgIpc) is 2.73. The summed E-state index contributed by atoms with van der Waals surface area (Å²) in [7, 11) is 0. The molecule has 2 heteroatoms. The Hall–Kier alpha value is -1.02. The van der Waals surface area contributed by atoms with Crippen LogP contribution in [0.5, 0.6) is 0 Å². The third kappa shape index (κ3) is 1.43. The van der Waals surface area contributed by atoms with Crippen LogP contribution in [0.15, 0.2) is 18.2 Å². The van der Waals surface area contributed by atoms with Crippen molar-refractivity contribution in [3.05, 3.63) is 29.3 Å². The van der Waals surface area contributed by atoms with E-state index in [1.165, 1.54) is 37.9 Å². The molecule has 1 aromatic carbocycles. The van der Waals surface area contributed by atoms with Gasteiger partial charge in [0.1, 0.15) is 0 Å². The quantitative estimate of drug-likeness (QED) is 0.732. The van der Waals surface area contributed by atoms with Crippen molar-refractivity contribution >= 4 is 5.69 Å². The van der Waals surface area contributed by atoms with E-state index in [0.29, 0.717) is 0 Å². The van der Waals surface area contributed by atoms with Crippen LogP contribution in [-0.2, 0) is 6.54 Å². The highest BCUT2D eigenvalue weighted by Crippen LogP contribution is 2.48. The lowest BCUT2D eigenvalue weighted by atomic mass is 9.79. The molecule has 3 aliphatic rings. The predicted octanol–water partition coefficient (Wildman–Crippen LogP) is 2.49. The van der Waals surface area contributed by atoms with Crippen LogP contribution in [0, 0.1) is 5.92 Å². The fourth-order valence-corrected chi connectivity index (χ4v) is 4.12. The van der Waals surface area contributed by atoms with Gasteiger partial charge in [-0.05, 0) is 35.8 Å². The number of hydrogen-bond acceptors (Lipinski definition) is 2. The van der Waals surface area contributed by atoms with Crippen LogP contribution in [0.2, 0.25) is 0 Å². The second-order valence-corrected chi connectivity index (χ2v) is 5.78. The van der Waals surface area contributed by atoms with E-state index in [9.17, 15) is 0 Å². The Kier molecular flexibility index (Phi) is 2.19. The van der Waals surface area contributed by atoms with Crippen molar-refractivity contribution in [2.75, 3.05) is 24.5 Å². The van der Waals surface area contributed by atoms with Crippen molar-refractivity contribution in [3.63, 3.8) is 0 Å². The monoisotopic (exact) mass is 227 g/mol. The van der Waals surface area contributed by atoms with Crippen LogP contribution in [0.3, 0.4) is 0 Å². The third-order valence-corrected chi connectivity index (χ3v) is 4.85. The van der Waals surface area contributed by atoms with Crippen LogP contribution in [0.25, 0.3) is 0 Å². The largest absolute Gasteiger partial charge is 0.369 e. The lowest BCUT2D eigenvalue weighted by molar-refractivity contribution is 0.454. The second-order valence-electron chi connectivity index (χ2n) is 5.78. The van der Waals surface area contributed by atoms with Crippen LogP contribution in [-0.4, -0.2) is 19.6 Å². The van der Waals surface area contributed by atoms with Gasteiger partial charge in [-0.25, -0.2) is 0 Å². The van der Waals surface area contributed by atoms with Gasteiger partial charge < -0.3 is 10.2 Å². The molecule has 0 aromatic heterocycles. The van der Waals surface area contributed by atoms with Crippen molar-refractivity contribution in [2.24, 2.45) is 5.92 Å². The summed E-state index contributed by atoms with van der Waals surface area (Å²) in [5.41, 5.74) is 4.76. The fourth-order valence-electron chi connectivity index (χ4n) is 4.12. The smallest absolute Gasteiger partial charge is 0.0447 e. The van der Waals surface area contributed by atoms with E-state index in [1.54, 1.807) is 11.3 Å². The lowest BCUT2D eigenvalue weighted by Crippen LogP contribution is -2.38. The van der Waals surface area contributed by atoms with E-state index in [4.69, 9.17) is 0 Å². The molecule has 4 rings (SSSR count). The Morgan fingerprint density at radius 3 is 3.24 bits per heavy atom. The van der Waals surface area contributed by atoms with Gasteiger partial charge in [0, 0.05) is 31.9 Å². The number of benzene rings is 1. The first-order valence-corrected chi connectivity index (χ1v) is 7.01. The molecule has 90 valence electrons. The maximum absolute atomic E-state index is 3.55. The molecule has 0 spiro atoms. The highest BCUT2D eigenvalue weighted by atomic mass is 15.2. The molecule has 2 aliphatic heterocycles. The highest BCUT2D eigenvalue weighted by molar-refractivity contribution is 5.64. The lowest BCUT2D eigenvalue weighted by Gasteiger charge is -2.38. The molecule has 17 heavy (non-hydrogen) atoms. The van der Waals surface area contributed by atoms with E-state index in [2.05, 4.69) is 28.4 Å². The van der Waals surface area contributed by atoms with Gasteiger partial charge in [0.2, 0.25) is 0 Å². The number of nitrogens with one attached hydrogen (secondary N) is 1. The highest BCUT2D eigenvalue weighted by Gasteiger charge is 2.37. The summed E-state index contributed by atoms with van der Waals surface area (Å²) in [6.07, 6.45) is 4.30. The van der Waals surface area contributed by atoms with Gasteiger partial charge >= 0.3 is 0 Å². The van der Waals surface area contributed by atoms with Crippen LogP contribution >= 0.6 is 0 Å². The second kappa shape index (κ2) is 3.74. The number of nitrogens with zero attached hydrogens (tertiary/aromatic N) is 1. The summed E-state index contributed by atoms with van der Waals surface area (Å²) in [5, 5.41) is 3.55. The minimum atomic E-state index is 0.860. The molecule has 1 N–H and O–H groups in total. The van der Waals surface area contributed by atoms with Gasteiger partial charge in [-0.1, -0.05) is 24.6 Å². The molecule has 0 radical (unpaired) electrons. The molecule has 0 amide bonds. The van der Waals surface area contributed by atoms with Gasteiger partial charge in [-0.3, -0.25) is 0 Å². The molecule has 1 aliphatic carbocycles. The summed E-state index contributed by atoms with van der Waals surface area (Å²) in [5.74, 6) is 1.79. The Labute approximate surface area is 103 Å². The number of fused-ring (bicyclic) bond motifs is 2. The summed E-state index contributed by atoms with van der Waals surface area (Å²) >= 11 is 0. The van der Waals surface area contributed by atoms with Gasteiger partial charge in [-0.15, -0.1) is 0 Å². The maximum atomic E-state index is 3.55. The van der Waals surface area contributed by atoms with Crippen molar-refractivity contribution in [2.45, 2.75) is 31.7 Å². The molecular weight excluding hydrogens is 207 g/mol. The third-order valence-electron chi connectivity index (χ3n) is 4.85. The van der Waals surface area contributed by atoms with E-state index in [-0.39, 0.29) is 0 Å². The molecule has 1 aromatic rings. The molecule has 0 bridgehead atoms. The van der Waals surface area contributed by atoms with Crippen LogP contribution < -0.4 is 10.2 Å². The average molecular weight is 227 g/mol. The van der Waals surface area contributed by atoms with E-state index in [1.807, 2.05) is 0 Å². The van der Waals surface area contributed by atoms with Crippen LogP contribution in [0.1, 0.15) is 36.3 Å². The molecule has 0 saturated heterocycles. The van der Waals surface area contributed by atoms with Gasteiger partial charge in [0.25, 0.3) is 0 Å². The first kappa shape index (κ1) is 9.95. The normalized spacial score (nSPS) is 30.7. The zero-order valence-corrected chi connectivity index (χ0v) is 10.3. The summed E-state index contributed by atoms with van der Waals surface area (Å²) in [6.45, 7) is 4.67. The van der Waals surface area contributed by atoms with Crippen molar-refractivity contribution in [3.8, 4) is 0 Å². The SMILES string of the molecule is c1cc2c3c(c1)[C@H]1CCC[C@H]1CN3CCN[11CH2]2. The van der Waals surface area contributed by atoms with Crippen molar-refractivity contribution in [1.82, 2.24) is 5.32 Å². The molecule has 1 saturated carbocycles. The van der Waals surface area contributed by atoms with Gasteiger partial charge in [-0.2, -0.15) is 0 Å². The number of hydrogen-bond donors (Lipinski definition) is 1. The number of anilines is 1. The van der Waals surface area contributed by atoms with Crippen molar-refractivity contribution in [1.29, 1.82) is 0 Å². The standard InChI is InChI=1S/C15H20N2/c1-3-11-9-16-7-8-17-10-12-4-2-5-13(12)14(6-1)15(11)17/h1,3,6,12-13,16H,2,4-5,7-10H2/t12-,13-/m0/s1/i9-1. The molecule has 1 fully saturated rings. The van der Waals surface area contributed by atoms with E-state index < -0.39 is 0 Å². The molecule has 0 unspecified atom stereocenters. The zero-order valence-electron chi connectivity index (χ0n) is 10.3. The number of para-hydroxylation sites is 1. The first-order valence-electron chi connectivity index (χ1n) is 7.01. The van der Waals surface area contributed by atoms with Crippen LogP contribution in [0.4, 0.5) is 5.69 Å². The molecular formula is C15H20N2. The van der Waals surface area contributed by atoms with Gasteiger partial charge in [0.15, 0.2) is 0 Å². The Balaban J connectivity index is 1.88. The minimum absolute atomic E-state index is 0.860. The van der Waals surface area contributed by atoms with E-state index >= 15 is 0 Å². The Morgan fingerprint density at radius 2 is 2.24 bits per heavy atom. The van der Waals surface area contributed by atoms with Crippen molar-refractivity contribution < 1.29 is 0 Å². The topological polar surface area (TPSA) is 15.3 Å². The Bertz CT molecular complexity index is 441. The fraction of sp³-hybridized carbons (Fsp3) is 0.600. The summed E-state index contributed by atoms with van der Waals surface area (Å²) in [4.78, 5) is 2.65. The summed E-state index contributed by atoms with van der Waals surface area (Å²) < 4.78 is 0. The Morgan fingerprint density at radius 1 is 1.24 bits per heavy atom. The van der Waals surface area contributed by atoms with Gasteiger partial charge in [0.05, 0.1) is 0 Å². The zero-order chi connectivity index (χ0) is 11.2.